The number of carbonyl (C=O) groups excluding carboxylic acids is 2. The van der Waals surface area contributed by atoms with E-state index in [0.717, 1.165) is 11.4 Å². The van der Waals surface area contributed by atoms with Gasteiger partial charge in [-0.3, -0.25) is 9.59 Å². The minimum atomic E-state index is -0.155. The Morgan fingerprint density at radius 1 is 0.958 bits per heavy atom. The van der Waals surface area contributed by atoms with Crippen LogP contribution in [-0.4, -0.2) is 36.4 Å². The molecule has 2 aromatic rings. The summed E-state index contributed by atoms with van der Waals surface area (Å²) in [7, 11) is 0. The molecule has 0 fully saturated rings. The van der Waals surface area contributed by atoms with Crippen molar-refractivity contribution in [3.05, 3.63) is 59.8 Å². The van der Waals surface area contributed by atoms with Crippen molar-refractivity contribution in [3.63, 3.8) is 0 Å². The van der Waals surface area contributed by atoms with Gasteiger partial charge in [0.15, 0.2) is 0 Å². The third-order valence-corrected chi connectivity index (χ3v) is 3.45. The molecule has 24 heavy (non-hydrogen) atoms. The molecule has 1 aromatic heterocycles. The molecule has 0 saturated carbocycles. The predicted octanol–water partition coefficient (Wildman–Crippen LogP) is 1.74. The average Bonchev–Trinajstić information content (AvgIpc) is 2.60. The maximum atomic E-state index is 12.0. The van der Waals surface area contributed by atoms with Crippen molar-refractivity contribution >= 4 is 17.6 Å². The maximum Gasteiger partial charge on any atom is 0.251 e. The summed E-state index contributed by atoms with van der Waals surface area (Å²) < 4.78 is 0. The van der Waals surface area contributed by atoms with Crippen LogP contribution in [-0.2, 0) is 4.79 Å². The monoisotopic (exact) mass is 326 g/mol. The molecule has 0 aliphatic rings. The largest absolute Gasteiger partial charge is 0.368 e. The molecule has 126 valence electrons. The van der Waals surface area contributed by atoms with Crippen molar-refractivity contribution in [1.29, 1.82) is 0 Å². The number of nitrogens with zero attached hydrogens (tertiary/aromatic N) is 1. The lowest BCUT2D eigenvalue weighted by Crippen LogP contribution is -2.33. The lowest BCUT2D eigenvalue weighted by atomic mass is 10.1. The van der Waals surface area contributed by atoms with Gasteiger partial charge in [0.1, 0.15) is 5.82 Å². The molecule has 6 nitrogen and oxygen atoms in total. The van der Waals surface area contributed by atoms with Gasteiger partial charge in [-0.2, -0.15) is 0 Å². The highest BCUT2D eigenvalue weighted by Gasteiger charge is 2.08. The molecule has 0 radical (unpaired) electrons. The quantitative estimate of drug-likeness (QED) is 0.645. The van der Waals surface area contributed by atoms with Gasteiger partial charge in [0.25, 0.3) is 5.91 Å². The van der Waals surface area contributed by atoms with Crippen LogP contribution in [0.3, 0.4) is 0 Å². The lowest BCUT2D eigenvalue weighted by Gasteiger charge is -2.09. The van der Waals surface area contributed by atoms with Crippen LogP contribution in [0.15, 0.2) is 48.7 Å². The highest BCUT2D eigenvalue weighted by atomic mass is 16.2. The summed E-state index contributed by atoms with van der Waals surface area (Å²) in [6.07, 6.45) is 1.96. The van der Waals surface area contributed by atoms with Crippen molar-refractivity contribution in [3.8, 4) is 0 Å². The van der Waals surface area contributed by atoms with Crippen LogP contribution in [0.25, 0.3) is 0 Å². The molecule has 3 N–H and O–H groups in total. The van der Waals surface area contributed by atoms with E-state index in [1.165, 1.54) is 0 Å². The first-order chi connectivity index (χ1) is 11.7. The zero-order valence-electron chi connectivity index (χ0n) is 13.7. The van der Waals surface area contributed by atoms with E-state index in [-0.39, 0.29) is 18.2 Å². The molecule has 0 saturated heterocycles. The van der Waals surface area contributed by atoms with Gasteiger partial charge in [-0.15, -0.1) is 0 Å². The Kier molecular flexibility index (Phi) is 6.76. The van der Waals surface area contributed by atoms with Crippen LogP contribution < -0.4 is 16.0 Å². The third-order valence-electron chi connectivity index (χ3n) is 3.45. The highest BCUT2D eigenvalue weighted by Crippen LogP contribution is 2.06. The summed E-state index contributed by atoms with van der Waals surface area (Å²) in [5.74, 6) is 0.526. The first-order valence-electron chi connectivity index (χ1n) is 7.92. The van der Waals surface area contributed by atoms with E-state index in [0.29, 0.717) is 25.2 Å². The summed E-state index contributed by atoms with van der Waals surface area (Å²) in [6, 6.07) is 13.0. The number of hydrogen-bond donors (Lipinski definition) is 3. The number of nitrogens with one attached hydrogen (secondary N) is 3. The number of pyridine rings is 1. The zero-order chi connectivity index (χ0) is 17.2. The van der Waals surface area contributed by atoms with E-state index in [1.54, 1.807) is 12.3 Å². The summed E-state index contributed by atoms with van der Waals surface area (Å²) >= 11 is 0. The molecule has 0 aliphatic carbocycles. The first kappa shape index (κ1) is 17.5. The van der Waals surface area contributed by atoms with Crippen LogP contribution in [0.4, 0.5) is 5.82 Å². The second kappa shape index (κ2) is 9.29. The number of hydrogen-bond acceptors (Lipinski definition) is 4. The second-order valence-electron chi connectivity index (χ2n) is 5.31. The number of aryl methyl sites for hydroxylation is 1. The smallest absolute Gasteiger partial charge is 0.251 e. The lowest BCUT2D eigenvalue weighted by molar-refractivity contribution is -0.120. The fourth-order valence-electron chi connectivity index (χ4n) is 2.16. The molecule has 6 heteroatoms. The van der Waals surface area contributed by atoms with Gasteiger partial charge in [0.2, 0.25) is 5.91 Å². The Morgan fingerprint density at radius 2 is 1.75 bits per heavy atom. The van der Waals surface area contributed by atoms with E-state index >= 15 is 0 Å². The molecule has 0 unspecified atom stereocenters. The molecule has 2 amide bonds. The number of amides is 2. The number of aromatic nitrogens is 1. The van der Waals surface area contributed by atoms with Crippen molar-refractivity contribution in [1.82, 2.24) is 15.6 Å². The van der Waals surface area contributed by atoms with Gasteiger partial charge in [-0.25, -0.2) is 4.98 Å². The topological polar surface area (TPSA) is 83.1 Å². The molecular formula is C18H22N4O2. The van der Waals surface area contributed by atoms with Crippen molar-refractivity contribution in [2.24, 2.45) is 0 Å². The molecular weight excluding hydrogens is 304 g/mol. The predicted molar refractivity (Wildman–Crippen MR) is 93.9 cm³/mol. The second-order valence-corrected chi connectivity index (χ2v) is 5.31. The Labute approximate surface area is 141 Å². The van der Waals surface area contributed by atoms with Gasteiger partial charge in [-0.1, -0.05) is 24.3 Å². The van der Waals surface area contributed by atoms with E-state index in [2.05, 4.69) is 20.9 Å². The van der Waals surface area contributed by atoms with Crippen LogP contribution in [0.1, 0.15) is 22.3 Å². The SMILES string of the molecule is Cc1ccccc1C(=O)NCCC(=O)NCCNc1ccccn1. The van der Waals surface area contributed by atoms with Crippen LogP contribution in [0.5, 0.6) is 0 Å². The molecule has 1 heterocycles. The molecule has 0 spiro atoms. The Hall–Kier alpha value is -2.89. The Bertz CT molecular complexity index is 674. The zero-order valence-corrected chi connectivity index (χ0v) is 13.7. The number of anilines is 1. The van der Waals surface area contributed by atoms with Gasteiger partial charge in [-0.05, 0) is 30.7 Å². The van der Waals surface area contributed by atoms with Gasteiger partial charge in [0.05, 0.1) is 0 Å². The standard InChI is InChI=1S/C18H22N4O2/c1-14-6-2-3-7-15(14)18(24)22-11-9-17(23)21-13-12-20-16-8-4-5-10-19-16/h2-8,10H,9,11-13H2,1H3,(H,19,20)(H,21,23)(H,22,24). The Morgan fingerprint density at radius 3 is 2.50 bits per heavy atom. The van der Waals surface area contributed by atoms with Crippen molar-refractivity contribution in [2.75, 3.05) is 25.0 Å². The van der Waals surface area contributed by atoms with Crippen LogP contribution in [0, 0.1) is 6.92 Å². The van der Waals surface area contributed by atoms with Gasteiger partial charge >= 0.3 is 0 Å². The summed E-state index contributed by atoms with van der Waals surface area (Å²) in [5, 5.41) is 8.67. The molecule has 0 bridgehead atoms. The third kappa shape index (κ3) is 5.72. The van der Waals surface area contributed by atoms with Crippen molar-refractivity contribution < 1.29 is 9.59 Å². The van der Waals surface area contributed by atoms with Gasteiger partial charge < -0.3 is 16.0 Å². The van der Waals surface area contributed by atoms with Crippen LogP contribution in [0.2, 0.25) is 0 Å². The van der Waals surface area contributed by atoms with E-state index in [4.69, 9.17) is 0 Å². The minimum absolute atomic E-state index is 0.0945. The normalized spacial score (nSPS) is 10.0. The van der Waals surface area contributed by atoms with Crippen LogP contribution >= 0.6 is 0 Å². The van der Waals surface area contributed by atoms with Crippen molar-refractivity contribution in [2.45, 2.75) is 13.3 Å². The molecule has 0 aliphatic heterocycles. The van der Waals surface area contributed by atoms with E-state index in [9.17, 15) is 9.59 Å². The molecule has 2 rings (SSSR count). The Balaban J connectivity index is 1.60. The number of benzene rings is 1. The summed E-state index contributed by atoms with van der Waals surface area (Å²) in [4.78, 5) is 27.9. The van der Waals surface area contributed by atoms with Gasteiger partial charge in [0, 0.05) is 37.8 Å². The molecule has 1 aromatic carbocycles. The molecule has 0 atom stereocenters. The van der Waals surface area contributed by atoms with E-state index in [1.807, 2.05) is 43.3 Å². The minimum Gasteiger partial charge on any atom is -0.368 e. The average molecular weight is 326 g/mol. The highest BCUT2D eigenvalue weighted by molar-refractivity contribution is 5.95. The van der Waals surface area contributed by atoms with E-state index < -0.39 is 0 Å². The first-order valence-corrected chi connectivity index (χ1v) is 7.92. The maximum absolute atomic E-state index is 12.0. The fourth-order valence-corrected chi connectivity index (χ4v) is 2.16. The summed E-state index contributed by atoms with van der Waals surface area (Å²) in [5.41, 5.74) is 1.55. The summed E-state index contributed by atoms with van der Waals surface area (Å²) in [6.45, 7) is 3.29. The number of rotatable bonds is 8. The fraction of sp³-hybridized carbons (Fsp3) is 0.278. The number of carbonyl (C=O) groups is 2.